The van der Waals surface area contributed by atoms with Crippen molar-refractivity contribution in [2.45, 2.75) is 57.7 Å². The van der Waals surface area contributed by atoms with Gasteiger partial charge in [-0.1, -0.05) is 18.2 Å². The summed E-state index contributed by atoms with van der Waals surface area (Å²) in [6, 6.07) is 8.43. The molecule has 0 unspecified atom stereocenters. The molecule has 0 spiro atoms. The van der Waals surface area contributed by atoms with Crippen LogP contribution in [-0.4, -0.2) is 18.7 Å². The van der Waals surface area contributed by atoms with Gasteiger partial charge in [0.1, 0.15) is 0 Å². The molecular formula is C18H25N3OS. The molecule has 124 valence electrons. The molecule has 0 saturated heterocycles. The molecule has 0 saturated carbocycles. The molecule has 2 aromatic rings. The number of aryl methyl sites for hydroxylation is 1. The topological polar surface area (TPSA) is 46.9 Å². The monoisotopic (exact) mass is 331 g/mol. The highest BCUT2D eigenvalue weighted by molar-refractivity contribution is 7.84. The number of fused-ring (bicyclic) bond motifs is 1. The maximum Gasteiger partial charge on any atom is 0.0975 e. The number of rotatable bonds is 3. The van der Waals surface area contributed by atoms with Gasteiger partial charge in [0.05, 0.1) is 27.6 Å². The molecule has 5 heteroatoms. The fourth-order valence-electron chi connectivity index (χ4n) is 2.99. The Morgan fingerprint density at radius 3 is 2.74 bits per heavy atom. The van der Waals surface area contributed by atoms with E-state index in [1.54, 1.807) is 0 Å². The van der Waals surface area contributed by atoms with Crippen LogP contribution in [0.15, 0.2) is 30.5 Å². The Labute approximate surface area is 140 Å². The van der Waals surface area contributed by atoms with Crippen molar-refractivity contribution in [2.75, 3.05) is 0 Å². The third kappa shape index (κ3) is 3.26. The minimum Gasteiger partial charge on any atom is -0.242 e. The minimum atomic E-state index is -1.07. The SMILES string of the molecule is Cc1ccccc1-n1ncc2c1CCC[C@H]2N[S@@](=O)C(C)(C)C. The predicted molar refractivity (Wildman–Crippen MR) is 95.0 cm³/mol. The van der Waals surface area contributed by atoms with Gasteiger partial charge in [0.15, 0.2) is 0 Å². The van der Waals surface area contributed by atoms with Crippen molar-refractivity contribution < 1.29 is 4.21 Å². The Bertz CT molecular complexity index is 730. The average molecular weight is 331 g/mol. The van der Waals surface area contributed by atoms with Gasteiger partial charge in [-0.2, -0.15) is 5.10 Å². The first-order valence-electron chi connectivity index (χ1n) is 8.19. The van der Waals surface area contributed by atoms with E-state index in [9.17, 15) is 4.21 Å². The molecule has 0 aliphatic heterocycles. The molecule has 1 N–H and O–H groups in total. The zero-order valence-electron chi connectivity index (χ0n) is 14.3. The number of aromatic nitrogens is 2. The van der Waals surface area contributed by atoms with Crippen molar-refractivity contribution in [3.63, 3.8) is 0 Å². The summed E-state index contributed by atoms with van der Waals surface area (Å²) in [5, 5.41) is 4.63. The van der Waals surface area contributed by atoms with E-state index in [2.05, 4.69) is 33.6 Å². The number of benzene rings is 1. The smallest absolute Gasteiger partial charge is 0.0975 e. The maximum atomic E-state index is 12.4. The molecule has 1 aliphatic rings. The first-order chi connectivity index (χ1) is 10.9. The van der Waals surface area contributed by atoms with E-state index in [1.807, 2.05) is 39.1 Å². The van der Waals surface area contributed by atoms with Gasteiger partial charge in [-0.15, -0.1) is 0 Å². The van der Waals surface area contributed by atoms with Gasteiger partial charge in [0, 0.05) is 17.3 Å². The van der Waals surface area contributed by atoms with Crippen LogP contribution in [0.3, 0.4) is 0 Å². The number of hydrogen-bond acceptors (Lipinski definition) is 2. The van der Waals surface area contributed by atoms with Crippen molar-refractivity contribution in [1.29, 1.82) is 0 Å². The molecular weight excluding hydrogens is 306 g/mol. The lowest BCUT2D eigenvalue weighted by Crippen LogP contribution is -2.36. The van der Waals surface area contributed by atoms with E-state index in [4.69, 9.17) is 0 Å². The summed E-state index contributed by atoms with van der Waals surface area (Å²) < 4.78 is 17.6. The van der Waals surface area contributed by atoms with Gasteiger partial charge in [-0.25, -0.2) is 13.6 Å². The molecule has 0 bridgehead atoms. The number of para-hydroxylation sites is 1. The largest absolute Gasteiger partial charge is 0.242 e. The number of hydrogen-bond donors (Lipinski definition) is 1. The second-order valence-electron chi connectivity index (χ2n) is 7.19. The lowest BCUT2D eigenvalue weighted by Gasteiger charge is -2.27. The first-order valence-corrected chi connectivity index (χ1v) is 9.34. The summed E-state index contributed by atoms with van der Waals surface area (Å²) in [5.41, 5.74) is 4.78. The molecule has 0 fully saturated rings. The Kier molecular flexibility index (Phi) is 4.43. The highest BCUT2D eigenvalue weighted by Crippen LogP contribution is 2.32. The van der Waals surface area contributed by atoms with Crippen molar-refractivity contribution in [2.24, 2.45) is 0 Å². The van der Waals surface area contributed by atoms with Crippen LogP contribution in [0.5, 0.6) is 0 Å². The molecule has 1 aromatic carbocycles. The second-order valence-corrected chi connectivity index (χ2v) is 9.19. The first kappa shape index (κ1) is 16.4. The molecule has 23 heavy (non-hydrogen) atoms. The summed E-state index contributed by atoms with van der Waals surface area (Å²) in [6.07, 6.45) is 5.06. The van der Waals surface area contributed by atoms with Gasteiger partial charge < -0.3 is 0 Å². The highest BCUT2D eigenvalue weighted by Gasteiger charge is 2.29. The Morgan fingerprint density at radius 2 is 2.04 bits per heavy atom. The summed E-state index contributed by atoms with van der Waals surface area (Å²) >= 11 is 0. The Hall–Kier alpha value is -1.46. The normalized spacial score (nSPS) is 19.4. The molecule has 0 radical (unpaired) electrons. The second kappa shape index (κ2) is 6.21. The van der Waals surface area contributed by atoms with Crippen LogP contribution in [0.1, 0.15) is 56.5 Å². The highest BCUT2D eigenvalue weighted by atomic mass is 32.2. The van der Waals surface area contributed by atoms with E-state index >= 15 is 0 Å². The van der Waals surface area contributed by atoms with Crippen molar-refractivity contribution >= 4 is 11.0 Å². The zero-order valence-corrected chi connectivity index (χ0v) is 15.1. The van der Waals surface area contributed by atoms with Crippen LogP contribution >= 0.6 is 0 Å². The summed E-state index contributed by atoms with van der Waals surface area (Å²) in [7, 11) is -1.07. The van der Waals surface area contributed by atoms with E-state index in [0.717, 1.165) is 24.9 Å². The van der Waals surface area contributed by atoms with Gasteiger partial charge >= 0.3 is 0 Å². The Balaban J connectivity index is 1.93. The fraction of sp³-hybridized carbons (Fsp3) is 0.500. The molecule has 4 nitrogen and oxygen atoms in total. The van der Waals surface area contributed by atoms with Crippen molar-refractivity contribution in [1.82, 2.24) is 14.5 Å². The molecule has 1 heterocycles. The van der Waals surface area contributed by atoms with Crippen LogP contribution in [0.25, 0.3) is 5.69 Å². The minimum absolute atomic E-state index is 0.122. The van der Waals surface area contributed by atoms with Crippen LogP contribution in [0.2, 0.25) is 0 Å². The van der Waals surface area contributed by atoms with Crippen molar-refractivity contribution in [3.8, 4) is 5.69 Å². The van der Waals surface area contributed by atoms with Gasteiger partial charge in [-0.05, 0) is 58.6 Å². The Morgan fingerprint density at radius 1 is 1.30 bits per heavy atom. The van der Waals surface area contributed by atoms with Crippen molar-refractivity contribution in [3.05, 3.63) is 47.3 Å². The number of nitrogens with one attached hydrogen (secondary N) is 1. The van der Waals surface area contributed by atoms with Gasteiger partial charge in [0.2, 0.25) is 0 Å². The molecule has 3 rings (SSSR count). The molecule has 0 amide bonds. The third-order valence-corrected chi connectivity index (χ3v) is 5.94. The zero-order chi connectivity index (χ0) is 16.6. The summed E-state index contributed by atoms with van der Waals surface area (Å²) in [4.78, 5) is 0. The lowest BCUT2D eigenvalue weighted by atomic mass is 9.93. The van der Waals surface area contributed by atoms with E-state index < -0.39 is 11.0 Å². The van der Waals surface area contributed by atoms with E-state index in [0.29, 0.717) is 0 Å². The quantitative estimate of drug-likeness (QED) is 0.934. The van der Waals surface area contributed by atoms with E-state index in [1.165, 1.54) is 16.8 Å². The summed E-state index contributed by atoms with van der Waals surface area (Å²) in [6.45, 7) is 8.10. The number of nitrogens with zero attached hydrogens (tertiary/aromatic N) is 2. The molecule has 1 aliphatic carbocycles. The fourth-order valence-corrected chi connectivity index (χ4v) is 3.85. The molecule has 2 atom stereocenters. The molecule has 1 aromatic heterocycles. The third-order valence-electron chi connectivity index (χ3n) is 4.33. The lowest BCUT2D eigenvalue weighted by molar-refractivity contribution is 0.516. The van der Waals surface area contributed by atoms with Crippen LogP contribution in [0.4, 0.5) is 0 Å². The van der Waals surface area contributed by atoms with Crippen LogP contribution in [0, 0.1) is 6.92 Å². The maximum absolute atomic E-state index is 12.4. The van der Waals surface area contributed by atoms with Crippen LogP contribution < -0.4 is 4.72 Å². The summed E-state index contributed by atoms with van der Waals surface area (Å²) in [5.74, 6) is 0. The van der Waals surface area contributed by atoms with Crippen LogP contribution in [-0.2, 0) is 17.4 Å². The standard InChI is InChI=1S/C18H25N3OS/c1-13-8-5-6-10-16(13)21-17-11-7-9-15(14(17)12-19-21)20-23(22)18(2,3)4/h5-6,8,10,12,15,20H,7,9,11H2,1-4H3/t15-,23+/m1/s1. The predicted octanol–water partition coefficient (Wildman–Crippen LogP) is 3.61. The van der Waals surface area contributed by atoms with Gasteiger partial charge in [-0.3, -0.25) is 0 Å². The average Bonchev–Trinajstić information content (AvgIpc) is 2.91. The van der Waals surface area contributed by atoms with Gasteiger partial charge in [0.25, 0.3) is 0 Å². The van der Waals surface area contributed by atoms with E-state index in [-0.39, 0.29) is 10.8 Å².